The predicted molar refractivity (Wildman–Crippen MR) is 128 cm³/mol. The van der Waals surface area contributed by atoms with Gasteiger partial charge in [-0.15, -0.1) is 0 Å². The topological polar surface area (TPSA) is 20.2 Å². The molecule has 2 unspecified atom stereocenters. The number of hydrogen-bond donors (Lipinski definition) is 1. The van der Waals surface area contributed by atoms with Gasteiger partial charge in [0.2, 0.25) is 0 Å². The molecular formula is C29H48O. The standard InChI is InChI=1S/C29H48O/c1-7-21(19(2)3)9-8-20(4)25-12-13-26-24-11-10-22-18-23(30)14-16-28(22,5)27(24)15-17-29(25,26)6/h11,20-23,25-27,30H,2,7-10,12-18H2,1,3-6H3/t20-,21-,22?,23?,25-,26+,27+,28+,29-/m1/s1. The summed E-state index contributed by atoms with van der Waals surface area (Å²) in [4.78, 5) is 0. The van der Waals surface area contributed by atoms with E-state index in [-0.39, 0.29) is 6.10 Å². The molecular weight excluding hydrogens is 364 g/mol. The Bertz CT molecular complexity index is 676. The summed E-state index contributed by atoms with van der Waals surface area (Å²) in [7, 11) is 0. The summed E-state index contributed by atoms with van der Waals surface area (Å²) >= 11 is 0. The number of allylic oxidation sites excluding steroid dienone is 3. The lowest BCUT2D eigenvalue weighted by atomic mass is 9.47. The molecule has 1 nitrogen and oxygen atoms in total. The first-order valence-corrected chi connectivity index (χ1v) is 13.2. The van der Waals surface area contributed by atoms with Crippen molar-refractivity contribution >= 4 is 0 Å². The summed E-state index contributed by atoms with van der Waals surface area (Å²) in [5.74, 6) is 4.78. The third-order valence-corrected chi connectivity index (χ3v) is 11.0. The Balaban J connectivity index is 1.49. The van der Waals surface area contributed by atoms with E-state index in [0.29, 0.717) is 22.7 Å². The zero-order valence-electron chi connectivity index (χ0n) is 20.6. The van der Waals surface area contributed by atoms with E-state index in [2.05, 4.69) is 47.3 Å². The van der Waals surface area contributed by atoms with Crippen molar-refractivity contribution in [1.29, 1.82) is 0 Å². The molecule has 0 amide bonds. The van der Waals surface area contributed by atoms with Gasteiger partial charge >= 0.3 is 0 Å². The Morgan fingerprint density at radius 1 is 1.10 bits per heavy atom. The molecule has 1 heteroatoms. The van der Waals surface area contributed by atoms with Crippen LogP contribution in [-0.2, 0) is 0 Å². The third kappa shape index (κ3) is 3.66. The van der Waals surface area contributed by atoms with Crippen LogP contribution in [0.3, 0.4) is 0 Å². The largest absolute Gasteiger partial charge is 0.393 e. The maximum atomic E-state index is 10.3. The lowest BCUT2D eigenvalue weighted by molar-refractivity contribution is -0.0428. The lowest BCUT2D eigenvalue weighted by Crippen LogP contribution is -2.49. The first-order chi connectivity index (χ1) is 14.2. The minimum Gasteiger partial charge on any atom is -0.393 e. The van der Waals surface area contributed by atoms with Crippen molar-refractivity contribution in [2.75, 3.05) is 0 Å². The maximum Gasteiger partial charge on any atom is 0.0543 e. The van der Waals surface area contributed by atoms with Crippen LogP contribution in [0.4, 0.5) is 0 Å². The smallest absolute Gasteiger partial charge is 0.0543 e. The quantitative estimate of drug-likeness (QED) is 0.439. The SMILES string of the molecule is C=C(C)[C@H](CC)CC[C@@H](C)[C@H]1CC[C@H]2C3=CCC4CC(O)CC[C@]4(C)[C@H]3CC[C@]12C. The average Bonchev–Trinajstić information content (AvgIpc) is 3.06. The number of hydrogen-bond acceptors (Lipinski definition) is 1. The molecule has 0 aliphatic heterocycles. The van der Waals surface area contributed by atoms with Crippen LogP contribution >= 0.6 is 0 Å². The summed E-state index contributed by atoms with van der Waals surface area (Å²) in [6.07, 6.45) is 16.8. The lowest BCUT2D eigenvalue weighted by Gasteiger charge is -2.57. The predicted octanol–water partition coefficient (Wildman–Crippen LogP) is 7.94. The second kappa shape index (κ2) is 8.42. The molecule has 30 heavy (non-hydrogen) atoms. The minimum absolute atomic E-state index is 0.0465. The molecule has 0 spiro atoms. The second-order valence-electron chi connectivity index (χ2n) is 12.4. The molecule has 1 N–H and O–H groups in total. The molecule has 170 valence electrons. The maximum absolute atomic E-state index is 10.3. The van der Waals surface area contributed by atoms with E-state index >= 15 is 0 Å². The van der Waals surface area contributed by atoms with Crippen molar-refractivity contribution in [3.05, 3.63) is 23.8 Å². The third-order valence-electron chi connectivity index (χ3n) is 11.0. The molecule has 0 aromatic heterocycles. The molecule has 0 aromatic rings. The van der Waals surface area contributed by atoms with Gasteiger partial charge in [-0.25, -0.2) is 0 Å². The van der Waals surface area contributed by atoms with Gasteiger partial charge in [-0.2, -0.15) is 0 Å². The van der Waals surface area contributed by atoms with E-state index in [4.69, 9.17) is 0 Å². The summed E-state index contributed by atoms with van der Waals surface area (Å²) in [6.45, 7) is 16.6. The fraction of sp³-hybridized carbons (Fsp3) is 0.862. The Labute approximate surface area is 186 Å². The van der Waals surface area contributed by atoms with Crippen LogP contribution in [-0.4, -0.2) is 11.2 Å². The number of aliphatic hydroxyl groups excluding tert-OH is 1. The van der Waals surface area contributed by atoms with Crippen LogP contribution in [0.1, 0.15) is 105 Å². The van der Waals surface area contributed by atoms with Crippen LogP contribution in [0.25, 0.3) is 0 Å². The highest BCUT2D eigenvalue weighted by Crippen LogP contribution is 2.67. The van der Waals surface area contributed by atoms with Crippen molar-refractivity contribution in [2.24, 2.45) is 46.3 Å². The number of rotatable bonds is 6. The highest BCUT2D eigenvalue weighted by atomic mass is 16.3. The van der Waals surface area contributed by atoms with Gasteiger partial charge in [0.25, 0.3) is 0 Å². The van der Waals surface area contributed by atoms with Gasteiger partial charge in [0.05, 0.1) is 6.10 Å². The second-order valence-corrected chi connectivity index (χ2v) is 12.4. The molecule has 0 radical (unpaired) electrons. The van der Waals surface area contributed by atoms with Crippen molar-refractivity contribution in [3.63, 3.8) is 0 Å². The van der Waals surface area contributed by atoms with Gasteiger partial charge in [-0.1, -0.05) is 51.5 Å². The van der Waals surface area contributed by atoms with Crippen molar-refractivity contribution in [2.45, 2.75) is 111 Å². The highest BCUT2D eigenvalue weighted by molar-refractivity contribution is 5.27. The normalized spacial score (nSPS) is 45.0. The molecule has 0 heterocycles. The van der Waals surface area contributed by atoms with E-state index < -0.39 is 0 Å². The van der Waals surface area contributed by atoms with E-state index in [0.717, 1.165) is 36.5 Å². The van der Waals surface area contributed by atoms with Crippen LogP contribution in [0.2, 0.25) is 0 Å². The Morgan fingerprint density at radius 3 is 2.50 bits per heavy atom. The van der Waals surface area contributed by atoms with Gasteiger partial charge in [0, 0.05) is 0 Å². The van der Waals surface area contributed by atoms with Gasteiger partial charge in [-0.05, 0) is 124 Å². The average molecular weight is 413 g/mol. The molecule has 4 aliphatic carbocycles. The zero-order valence-corrected chi connectivity index (χ0v) is 20.6. The first-order valence-electron chi connectivity index (χ1n) is 13.2. The summed E-state index contributed by atoms with van der Waals surface area (Å²) in [5.41, 5.74) is 4.21. The number of aliphatic hydroxyl groups is 1. The Hall–Kier alpha value is -0.560. The summed E-state index contributed by atoms with van der Waals surface area (Å²) < 4.78 is 0. The molecule has 3 saturated carbocycles. The van der Waals surface area contributed by atoms with Gasteiger partial charge < -0.3 is 5.11 Å². The van der Waals surface area contributed by atoms with Crippen LogP contribution in [0.5, 0.6) is 0 Å². The van der Waals surface area contributed by atoms with Crippen LogP contribution in [0, 0.1) is 46.3 Å². The van der Waals surface area contributed by atoms with Gasteiger partial charge in [0.1, 0.15) is 0 Å². The summed E-state index contributed by atoms with van der Waals surface area (Å²) in [6, 6.07) is 0. The molecule has 4 aliphatic rings. The Morgan fingerprint density at radius 2 is 1.80 bits per heavy atom. The van der Waals surface area contributed by atoms with Gasteiger partial charge in [0.15, 0.2) is 0 Å². The van der Waals surface area contributed by atoms with Crippen molar-refractivity contribution < 1.29 is 5.11 Å². The number of fused-ring (bicyclic) bond motifs is 5. The van der Waals surface area contributed by atoms with E-state index in [9.17, 15) is 5.11 Å². The fourth-order valence-electron chi connectivity index (χ4n) is 8.93. The zero-order chi connectivity index (χ0) is 21.7. The fourth-order valence-corrected chi connectivity index (χ4v) is 8.93. The van der Waals surface area contributed by atoms with Crippen LogP contribution < -0.4 is 0 Å². The molecule has 4 rings (SSSR count). The van der Waals surface area contributed by atoms with Crippen molar-refractivity contribution in [1.82, 2.24) is 0 Å². The van der Waals surface area contributed by atoms with Crippen molar-refractivity contribution in [3.8, 4) is 0 Å². The van der Waals surface area contributed by atoms with E-state index in [1.807, 2.05) is 5.57 Å². The Kier molecular flexibility index (Phi) is 6.35. The molecule has 0 saturated heterocycles. The monoisotopic (exact) mass is 412 g/mol. The van der Waals surface area contributed by atoms with E-state index in [1.54, 1.807) is 0 Å². The first kappa shape index (κ1) is 22.6. The molecule has 0 aromatic carbocycles. The molecule has 0 bridgehead atoms. The molecule has 9 atom stereocenters. The summed E-state index contributed by atoms with van der Waals surface area (Å²) in [5, 5.41) is 10.3. The van der Waals surface area contributed by atoms with E-state index in [1.165, 1.54) is 63.4 Å². The van der Waals surface area contributed by atoms with Crippen LogP contribution in [0.15, 0.2) is 23.8 Å². The van der Waals surface area contributed by atoms with Gasteiger partial charge in [-0.3, -0.25) is 0 Å². The molecule has 3 fully saturated rings. The highest BCUT2D eigenvalue weighted by Gasteiger charge is 2.58. The minimum atomic E-state index is -0.0465.